The molecule has 3 aliphatic carbocycles. The van der Waals surface area contributed by atoms with Crippen LogP contribution in [0.5, 0.6) is 0 Å². The third kappa shape index (κ3) is 6.67. The van der Waals surface area contributed by atoms with E-state index in [1.165, 1.54) is 61.3 Å². The lowest BCUT2D eigenvalue weighted by atomic mass is 9.80. The molecule has 0 N–H and O–H groups in total. The Labute approximate surface area is 320 Å². The van der Waals surface area contributed by atoms with Gasteiger partial charge in [-0.1, -0.05) is 129 Å². The molecule has 2 unspecified atom stereocenters. The molecule has 0 spiro atoms. The standard InChI is InChI=1S/C52H47O2/c1-34-26-43(51-47(28-34)45(37-16-8-4-9-17-37)32-49(53-51)39-20-12-6-13-21-39)30-41-24-25-42(36(41)3)31-44-27-35(2)29-48-46(38-18-10-5-11-19-38)33-50(54-52(44)48)40-22-14-7-15-23-40/h4-23,30-35H,24-29H2,1-3H3/q+1. The van der Waals surface area contributed by atoms with Gasteiger partial charge in [0.05, 0.1) is 22.8 Å². The van der Waals surface area contributed by atoms with E-state index in [-0.39, 0.29) is 0 Å². The van der Waals surface area contributed by atoms with E-state index in [0.717, 1.165) is 72.7 Å². The molecule has 9 rings (SSSR count). The van der Waals surface area contributed by atoms with E-state index in [4.69, 9.17) is 9.15 Å². The molecule has 2 nitrogen and oxygen atoms in total. The minimum absolute atomic E-state index is 0.524. The van der Waals surface area contributed by atoms with Crippen molar-refractivity contribution >= 4 is 16.9 Å². The average Bonchev–Trinajstić information content (AvgIpc) is 3.55. The van der Waals surface area contributed by atoms with Crippen LogP contribution in [0.1, 0.15) is 75.3 Å². The molecule has 5 aromatic rings. The summed E-state index contributed by atoms with van der Waals surface area (Å²) in [5.74, 6) is 4.99. The summed E-state index contributed by atoms with van der Waals surface area (Å²) in [6.07, 6.45) is 13.3. The van der Waals surface area contributed by atoms with Crippen molar-refractivity contribution in [3.8, 4) is 22.5 Å². The SMILES string of the molecule is CC1=C(/C=C2\CC(C)Cc3c(-c4ccccc4)cc(-c4ccccc4)[o+]c32)CC/C1=C\C1=C2OC(c3ccccc3)=CC(c3ccccc3)=C2CC(C)C1. The van der Waals surface area contributed by atoms with Gasteiger partial charge in [0.2, 0.25) is 0 Å². The highest BCUT2D eigenvalue weighted by Crippen LogP contribution is 2.48. The van der Waals surface area contributed by atoms with Gasteiger partial charge in [0.25, 0.3) is 0 Å². The summed E-state index contributed by atoms with van der Waals surface area (Å²) in [5.41, 5.74) is 16.8. The molecule has 1 aromatic heterocycles. The monoisotopic (exact) mass is 703 g/mol. The van der Waals surface area contributed by atoms with Crippen LogP contribution < -0.4 is 0 Å². The molecule has 54 heavy (non-hydrogen) atoms. The third-order valence-electron chi connectivity index (χ3n) is 11.6. The van der Waals surface area contributed by atoms with Crippen LogP contribution in [-0.4, -0.2) is 0 Å². The molecule has 2 atom stereocenters. The van der Waals surface area contributed by atoms with Gasteiger partial charge in [-0.25, -0.2) is 4.42 Å². The normalized spacial score (nSPS) is 21.3. The van der Waals surface area contributed by atoms with Gasteiger partial charge in [0.1, 0.15) is 11.5 Å². The lowest BCUT2D eigenvalue weighted by Crippen LogP contribution is -2.16. The number of hydrogen-bond donors (Lipinski definition) is 0. The number of fused-ring (bicyclic) bond motifs is 2. The zero-order valence-electron chi connectivity index (χ0n) is 31.6. The molecule has 2 heteroatoms. The van der Waals surface area contributed by atoms with E-state index in [1.54, 1.807) is 0 Å². The third-order valence-corrected chi connectivity index (χ3v) is 11.6. The molecule has 0 fully saturated rings. The van der Waals surface area contributed by atoms with Crippen LogP contribution in [0.4, 0.5) is 0 Å². The largest absolute Gasteiger partial charge is 0.456 e. The second-order valence-corrected chi connectivity index (χ2v) is 15.7. The van der Waals surface area contributed by atoms with Crippen molar-refractivity contribution < 1.29 is 9.15 Å². The fourth-order valence-corrected chi connectivity index (χ4v) is 8.91. The summed E-state index contributed by atoms with van der Waals surface area (Å²) < 4.78 is 13.9. The van der Waals surface area contributed by atoms with Crippen LogP contribution in [0.25, 0.3) is 39.4 Å². The van der Waals surface area contributed by atoms with Gasteiger partial charge < -0.3 is 4.74 Å². The van der Waals surface area contributed by atoms with Crippen LogP contribution in [0.15, 0.2) is 184 Å². The summed E-state index contributed by atoms with van der Waals surface area (Å²) in [4.78, 5) is 0. The van der Waals surface area contributed by atoms with E-state index in [2.05, 4.69) is 166 Å². The first kappa shape index (κ1) is 34.1. The number of rotatable bonds is 6. The topological polar surface area (TPSA) is 20.5 Å². The first-order valence-corrected chi connectivity index (χ1v) is 19.7. The Morgan fingerprint density at radius 2 is 1.19 bits per heavy atom. The Bertz CT molecular complexity index is 2400. The van der Waals surface area contributed by atoms with Gasteiger partial charge in [-0.05, 0) is 121 Å². The van der Waals surface area contributed by atoms with Gasteiger partial charge in [-0.2, -0.15) is 0 Å². The summed E-state index contributed by atoms with van der Waals surface area (Å²) in [6.45, 7) is 7.09. The highest BCUT2D eigenvalue weighted by Gasteiger charge is 2.35. The fraction of sp³-hybridized carbons (Fsp3) is 0.212. The highest BCUT2D eigenvalue weighted by molar-refractivity contribution is 5.89. The Kier molecular flexibility index (Phi) is 9.21. The minimum Gasteiger partial charge on any atom is -0.456 e. The predicted molar refractivity (Wildman–Crippen MR) is 224 cm³/mol. The van der Waals surface area contributed by atoms with Crippen molar-refractivity contribution in [2.45, 2.75) is 59.3 Å². The van der Waals surface area contributed by atoms with Crippen LogP contribution in [0.2, 0.25) is 0 Å². The molecule has 4 aliphatic rings. The summed E-state index contributed by atoms with van der Waals surface area (Å²) >= 11 is 0. The molecular formula is C52H47O2+. The van der Waals surface area contributed by atoms with Gasteiger partial charge in [0.15, 0.2) is 0 Å². The zero-order chi connectivity index (χ0) is 36.6. The highest BCUT2D eigenvalue weighted by atomic mass is 16.5. The smallest absolute Gasteiger partial charge is 0.361 e. The van der Waals surface area contributed by atoms with E-state index in [0.29, 0.717) is 11.8 Å². The minimum atomic E-state index is 0.524. The van der Waals surface area contributed by atoms with Crippen molar-refractivity contribution in [2.75, 3.05) is 0 Å². The maximum atomic E-state index is 6.93. The number of ether oxygens (including phenoxy) is 1. The Morgan fingerprint density at radius 1 is 0.593 bits per heavy atom. The molecule has 0 bridgehead atoms. The van der Waals surface area contributed by atoms with E-state index in [1.807, 2.05) is 0 Å². The van der Waals surface area contributed by atoms with Crippen molar-refractivity contribution in [3.63, 3.8) is 0 Å². The molecule has 0 saturated heterocycles. The van der Waals surface area contributed by atoms with Crippen molar-refractivity contribution in [1.29, 1.82) is 0 Å². The van der Waals surface area contributed by atoms with Crippen LogP contribution in [-0.2, 0) is 11.2 Å². The van der Waals surface area contributed by atoms with Crippen molar-refractivity contribution in [2.24, 2.45) is 11.8 Å². The molecule has 0 amide bonds. The van der Waals surface area contributed by atoms with Crippen LogP contribution in [0, 0.1) is 11.8 Å². The molecule has 0 radical (unpaired) electrons. The number of hydrogen-bond acceptors (Lipinski definition) is 1. The fourth-order valence-electron chi connectivity index (χ4n) is 8.91. The average molecular weight is 704 g/mol. The summed E-state index contributed by atoms with van der Waals surface area (Å²) in [7, 11) is 0. The quantitative estimate of drug-likeness (QED) is 0.164. The number of allylic oxidation sites excluding steroid dienone is 10. The van der Waals surface area contributed by atoms with Gasteiger partial charge >= 0.3 is 11.5 Å². The first-order valence-electron chi connectivity index (χ1n) is 19.7. The molecule has 2 heterocycles. The van der Waals surface area contributed by atoms with Crippen LogP contribution in [0.3, 0.4) is 0 Å². The zero-order valence-corrected chi connectivity index (χ0v) is 31.6. The molecule has 266 valence electrons. The van der Waals surface area contributed by atoms with Gasteiger partial charge in [-0.15, -0.1) is 0 Å². The summed E-state index contributed by atoms with van der Waals surface area (Å²) in [5, 5.41) is 0. The molecule has 4 aromatic carbocycles. The molecular weight excluding hydrogens is 657 g/mol. The Balaban J connectivity index is 1.14. The molecule has 1 aliphatic heterocycles. The van der Waals surface area contributed by atoms with Gasteiger partial charge in [-0.3, -0.25) is 0 Å². The lowest BCUT2D eigenvalue weighted by Gasteiger charge is -2.32. The second kappa shape index (κ2) is 14.6. The van der Waals surface area contributed by atoms with Crippen molar-refractivity contribution in [1.82, 2.24) is 0 Å². The van der Waals surface area contributed by atoms with Crippen LogP contribution >= 0.6 is 0 Å². The van der Waals surface area contributed by atoms with Gasteiger partial charge in [0, 0.05) is 16.7 Å². The van der Waals surface area contributed by atoms with Crippen molar-refractivity contribution in [3.05, 3.63) is 202 Å². The lowest BCUT2D eigenvalue weighted by molar-refractivity contribution is 0.358. The molecule has 0 saturated carbocycles. The first-order chi connectivity index (χ1) is 26.5. The summed E-state index contributed by atoms with van der Waals surface area (Å²) in [6, 6.07) is 45.0. The predicted octanol–water partition coefficient (Wildman–Crippen LogP) is 14.1. The van der Waals surface area contributed by atoms with E-state index in [9.17, 15) is 0 Å². The Hall–Kier alpha value is -5.73. The van der Waals surface area contributed by atoms with E-state index < -0.39 is 0 Å². The maximum absolute atomic E-state index is 6.93. The Morgan fingerprint density at radius 3 is 1.87 bits per heavy atom. The van der Waals surface area contributed by atoms with E-state index >= 15 is 0 Å². The second-order valence-electron chi connectivity index (χ2n) is 15.7. The number of benzene rings is 4. The maximum Gasteiger partial charge on any atom is 0.361 e.